The van der Waals surface area contributed by atoms with Crippen molar-refractivity contribution in [1.82, 2.24) is 0 Å². The molecule has 1 aromatic rings. The summed E-state index contributed by atoms with van der Waals surface area (Å²) in [5.74, 6) is -2.50. The first-order chi connectivity index (χ1) is 7.59. The van der Waals surface area contributed by atoms with E-state index in [1.165, 1.54) is 12.1 Å². The minimum Gasteiger partial charge on any atom is -0.546 e. The smallest absolute Gasteiger partial charge is 0.161 e. The number of para-hydroxylation sites is 2. The second kappa shape index (κ2) is 5.59. The number of benzene rings is 1. The monoisotopic (exact) mass is 224 g/mol. The van der Waals surface area contributed by atoms with Gasteiger partial charge in [0.1, 0.15) is 13.2 Å². The Labute approximate surface area is 91.0 Å². The average Bonchev–Trinajstić information content (AvgIpc) is 2.24. The summed E-state index contributed by atoms with van der Waals surface area (Å²) in [4.78, 5) is 20.3. The Morgan fingerprint density at radius 2 is 1.31 bits per heavy atom. The fourth-order valence-corrected chi connectivity index (χ4v) is 0.962. The number of carbonyl (C=O) groups excluding carboxylic acids is 2. The number of ether oxygens (including phenoxy) is 2. The van der Waals surface area contributed by atoms with E-state index in [-0.39, 0.29) is 11.5 Å². The van der Waals surface area contributed by atoms with Crippen molar-refractivity contribution in [3.05, 3.63) is 24.3 Å². The highest BCUT2D eigenvalue weighted by molar-refractivity contribution is 5.67. The van der Waals surface area contributed by atoms with Gasteiger partial charge in [-0.15, -0.1) is 0 Å². The summed E-state index contributed by atoms with van der Waals surface area (Å²) in [6.07, 6.45) is 0. The van der Waals surface area contributed by atoms with Crippen LogP contribution in [0.1, 0.15) is 0 Å². The van der Waals surface area contributed by atoms with Crippen LogP contribution in [0.5, 0.6) is 11.5 Å². The standard InChI is InChI=1S/C10H10O6/c11-9(12)5-15-7-3-1-2-4-8(7)16-6-10(13)14/h1-4H,5-6H2,(H,11,12)(H,13,14)/p-2. The highest BCUT2D eigenvalue weighted by Gasteiger charge is 2.03. The fraction of sp³-hybridized carbons (Fsp3) is 0.200. The highest BCUT2D eigenvalue weighted by atomic mass is 16.5. The zero-order chi connectivity index (χ0) is 12.0. The van der Waals surface area contributed by atoms with Crippen molar-refractivity contribution < 1.29 is 29.3 Å². The van der Waals surface area contributed by atoms with Crippen LogP contribution in [0.4, 0.5) is 0 Å². The summed E-state index contributed by atoms with van der Waals surface area (Å²) in [7, 11) is 0. The number of carboxylic acid groups (broad SMARTS) is 2. The molecule has 0 bridgehead atoms. The molecular formula is C10H8O6-2. The molecule has 0 spiro atoms. The third kappa shape index (κ3) is 3.87. The molecule has 0 N–H and O–H groups in total. The highest BCUT2D eigenvalue weighted by Crippen LogP contribution is 2.25. The summed E-state index contributed by atoms with van der Waals surface area (Å²) >= 11 is 0. The fourth-order valence-electron chi connectivity index (χ4n) is 0.962. The van der Waals surface area contributed by atoms with Crippen LogP contribution in [-0.4, -0.2) is 25.2 Å². The Morgan fingerprint density at radius 3 is 1.62 bits per heavy atom. The second-order valence-corrected chi connectivity index (χ2v) is 2.77. The van der Waals surface area contributed by atoms with Crippen molar-refractivity contribution in [2.45, 2.75) is 0 Å². The van der Waals surface area contributed by atoms with Gasteiger partial charge in [0, 0.05) is 0 Å². The molecule has 0 radical (unpaired) electrons. The molecule has 0 aliphatic carbocycles. The Kier molecular flexibility index (Phi) is 4.14. The molecule has 0 heterocycles. The van der Waals surface area contributed by atoms with E-state index in [0.717, 1.165) is 0 Å². The van der Waals surface area contributed by atoms with Crippen LogP contribution < -0.4 is 19.7 Å². The summed E-state index contributed by atoms with van der Waals surface area (Å²) in [6, 6.07) is 6.09. The first-order valence-corrected chi connectivity index (χ1v) is 4.34. The van der Waals surface area contributed by atoms with Gasteiger partial charge < -0.3 is 29.3 Å². The van der Waals surface area contributed by atoms with E-state index in [2.05, 4.69) is 0 Å². The third-order valence-electron chi connectivity index (χ3n) is 1.54. The molecule has 16 heavy (non-hydrogen) atoms. The molecule has 0 aliphatic rings. The molecule has 0 fully saturated rings. The molecule has 0 saturated carbocycles. The van der Waals surface area contributed by atoms with Crippen molar-refractivity contribution in [1.29, 1.82) is 0 Å². The first kappa shape index (κ1) is 11.8. The van der Waals surface area contributed by atoms with Crippen molar-refractivity contribution in [3.63, 3.8) is 0 Å². The van der Waals surface area contributed by atoms with Gasteiger partial charge in [0.2, 0.25) is 0 Å². The van der Waals surface area contributed by atoms with Crippen LogP contribution in [0.3, 0.4) is 0 Å². The van der Waals surface area contributed by atoms with Crippen molar-refractivity contribution >= 4 is 11.9 Å². The van der Waals surface area contributed by atoms with Crippen LogP contribution in [0.2, 0.25) is 0 Å². The lowest BCUT2D eigenvalue weighted by Gasteiger charge is -2.12. The normalized spacial score (nSPS) is 9.50. The van der Waals surface area contributed by atoms with Gasteiger partial charge in [-0.1, -0.05) is 12.1 Å². The Balaban J connectivity index is 2.67. The minimum atomic E-state index is -1.38. The van der Waals surface area contributed by atoms with Crippen LogP contribution in [0.25, 0.3) is 0 Å². The molecular weight excluding hydrogens is 216 g/mol. The molecule has 0 aliphatic heterocycles. The predicted octanol–water partition coefficient (Wildman–Crippen LogP) is -2.06. The predicted molar refractivity (Wildman–Crippen MR) is 47.4 cm³/mol. The molecule has 6 heteroatoms. The number of rotatable bonds is 6. The summed E-state index contributed by atoms with van der Waals surface area (Å²) in [5, 5.41) is 20.3. The maximum atomic E-state index is 10.2. The van der Waals surface area contributed by atoms with E-state index in [4.69, 9.17) is 9.47 Å². The third-order valence-corrected chi connectivity index (χ3v) is 1.54. The topological polar surface area (TPSA) is 98.7 Å². The molecule has 0 aromatic heterocycles. The lowest BCUT2D eigenvalue weighted by molar-refractivity contribution is -0.309. The first-order valence-electron chi connectivity index (χ1n) is 4.34. The molecule has 6 nitrogen and oxygen atoms in total. The van der Waals surface area contributed by atoms with E-state index in [1.807, 2.05) is 0 Å². The summed E-state index contributed by atoms with van der Waals surface area (Å²) in [6.45, 7) is -1.27. The van der Waals surface area contributed by atoms with E-state index in [1.54, 1.807) is 12.1 Å². The average molecular weight is 224 g/mol. The van der Waals surface area contributed by atoms with E-state index >= 15 is 0 Å². The van der Waals surface area contributed by atoms with Gasteiger partial charge in [-0.05, 0) is 12.1 Å². The van der Waals surface area contributed by atoms with Gasteiger partial charge >= 0.3 is 0 Å². The van der Waals surface area contributed by atoms with Gasteiger partial charge in [0.25, 0.3) is 0 Å². The molecule has 0 atom stereocenters. The molecule has 1 aromatic carbocycles. The Morgan fingerprint density at radius 1 is 0.938 bits per heavy atom. The van der Waals surface area contributed by atoms with E-state index in [9.17, 15) is 19.8 Å². The molecule has 0 saturated heterocycles. The second-order valence-electron chi connectivity index (χ2n) is 2.77. The van der Waals surface area contributed by atoms with Gasteiger partial charge in [0.15, 0.2) is 11.5 Å². The maximum absolute atomic E-state index is 10.2. The molecule has 86 valence electrons. The molecule has 0 amide bonds. The zero-order valence-electron chi connectivity index (χ0n) is 8.17. The van der Waals surface area contributed by atoms with Crippen LogP contribution in [0, 0.1) is 0 Å². The number of carboxylic acids is 2. The number of aliphatic carboxylic acids is 2. The van der Waals surface area contributed by atoms with Crippen molar-refractivity contribution in [2.24, 2.45) is 0 Å². The summed E-state index contributed by atoms with van der Waals surface area (Å²) in [5.41, 5.74) is 0. The van der Waals surface area contributed by atoms with Gasteiger partial charge in [-0.25, -0.2) is 0 Å². The minimum absolute atomic E-state index is 0.132. The number of hydrogen-bond donors (Lipinski definition) is 0. The molecule has 1 rings (SSSR count). The van der Waals surface area contributed by atoms with E-state index < -0.39 is 25.2 Å². The maximum Gasteiger partial charge on any atom is 0.161 e. The van der Waals surface area contributed by atoms with Crippen LogP contribution in [-0.2, 0) is 9.59 Å². The number of carbonyl (C=O) groups is 2. The zero-order valence-corrected chi connectivity index (χ0v) is 8.17. The quantitative estimate of drug-likeness (QED) is 0.551. The van der Waals surface area contributed by atoms with Gasteiger partial charge in [-0.3, -0.25) is 0 Å². The molecule has 0 unspecified atom stereocenters. The van der Waals surface area contributed by atoms with E-state index in [0.29, 0.717) is 0 Å². The van der Waals surface area contributed by atoms with Gasteiger partial charge in [-0.2, -0.15) is 0 Å². The Bertz CT molecular complexity index is 350. The van der Waals surface area contributed by atoms with Crippen molar-refractivity contribution in [3.8, 4) is 11.5 Å². The van der Waals surface area contributed by atoms with Gasteiger partial charge in [0.05, 0.1) is 11.9 Å². The van der Waals surface area contributed by atoms with Crippen molar-refractivity contribution in [2.75, 3.05) is 13.2 Å². The number of hydrogen-bond acceptors (Lipinski definition) is 6. The lowest BCUT2D eigenvalue weighted by Crippen LogP contribution is -2.30. The largest absolute Gasteiger partial charge is 0.546 e. The lowest BCUT2D eigenvalue weighted by atomic mass is 10.3. The summed E-state index contributed by atoms with van der Waals surface area (Å²) < 4.78 is 9.66. The SMILES string of the molecule is O=C([O-])COc1ccccc1OCC(=O)[O-]. The van der Waals surface area contributed by atoms with Crippen LogP contribution >= 0.6 is 0 Å². The van der Waals surface area contributed by atoms with Crippen LogP contribution in [0.15, 0.2) is 24.3 Å². The Hall–Kier alpha value is -2.24.